The molecule has 6 aromatic rings. The van der Waals surface area contributed by atoms with E-state index in [0.717, 1.165) is 21.0 Å². The number of aromatic nitrogens is 2. The molecule has 0 aliphatic carbocycles. The van der Waals surface area contributed by atoms with Gasteiger partial charge in [0.05, 0.1) is 20.4 Å². The average Bonchev–Trinajstić information content (AvgIpc) is 3.58. The molecule has 0 radical (unpaired) electrons. The lowest BCUT2D eigenvalue weighted by molar-refractivity contribution is 1.45. The van der Waals surface area contributed by atoms with E-state index in [9.17, 15) is 0 Å². The van der Waals surface area contributed by atoms with Crippen LogP contribution in [-0.2, 0) is 0 Å². The summed E-state index contributed by atoms with van der Waals surface area (Å²) in [7, 11) is 0. The van der Waals surface area contributed by atoms with Crippen LogP contribution in [0.1, 0.15) is 10.0 Å². The van der Waals surface area contributed by atoms with Gasteiger partial charge in [-0.05, 0) is 41.8 Å². The third-order valence-corrected chi connectivity index (χ3v) is 13.3. The number of nitrogens with zero attached hydrogens (tertiary/aromatic N) is 2. The Morgan fingerprint density at radius 1 is 0.528 bits per heavy atom. The van der Waals surface area contributed by atoms with Crippen LogP contribution in [0.4, 0.5) is 0 Å². The minimum Gasteiger partial charge on any atom is -0.236 e. The number of rotatable bonds is 4. The zero-order valence-electron chi connectivity index (χ0n) is 19.3. The molecule has 1 aliphatic heterocycles. The van der Waals surface area contributed by atoms with Gasteiger partial charge in [0.25, 0.3) is 0 Å². The van der Waals surface area contributed by atoms with E-state index >= 15 is 0 Å². The van der Waals surface area contributed by atoms with Crippen molar-refractivity contribution >= 4 is 71.2 Å². The molecule has 0 saturated carbocycles. The molecule has 5 heteroatoms. The zero-order chi connectivity index (χ0) is 24.0. The molecule has 2 nitrogen and oxygen atoms in total. The molecule has 0 atom stereocenters. The predicted molar refractivity (Wildman–Crippen MR) is 160 cm³/mol. The predicted octanol–water partition coefficient (Wildman–Crippen LogP) is 7.71. The highest BCUT2D eigenvalue weighted by Crippen LogP contribution is 2.62. The van der Waals surface area contributed by atoms with Gasteiger partial charge in [-0.1, -0.05) is 103 Å². The third kappa shape index (κ3) is 3.37. The maximum absolute atomic E-state index is 5.17. The van der Waals surface area contributed by atoms with Crippen LogP contribution in [0.25, 0.3) is 25.7 Å². The summed E-state index contributed by atoms with van der Waals surface area (Å²) in [5.41, 5.74) is 2.10. The Bertz CT molecular complexity index is 1730. The molecule has 0 fully saturated rings. The van der Waals surface area contributed by atoms with Crippen molar-refractivity contribution in [1.82, 2.24) is 9.97 Å². The number of hydrogen-bond donors (Lipinski definition) is 0. The van der Waals surface area contributed by atoms with Gasteiger partial charge in [0, 0.05) is 10.6 Å². The molecule has 0 saturated heterocycles. The Balaban J connectivity index is 1.65. The van der Waals surface area contributed by atoms with E-state index in [1.165, 1.54) is 30.6 Å². The first-order valence-corrected chi connectivity index (χ1v) is 15.2. The summed E-state index contributed by atoms with van der Waals surface area (Å²) in [5, 5.41) is 7.39. The largest absolute Gasteiger partial charge is 0.236 e. The highest BCUT2D eigenvalue weighted by Gasteiger charge is 2.36. The Hall–Kier alpha value is -3.56. The summed E-state index contributed by atoms with van der Waals surface area (Å²) in [6, 6.07) is 38.8. The van der Waals surface area contributed by atoms with Crippen LogP contribution >= 0.6 is 29.6 Å². The maximum Gasteiger partial charge on any atom is 0.125 e. The lowest BCUT2D eigenvalue weighted by atomic mass is 10.3. The molecule has 172 valence electrons. The van der Waals surface area contributed by atoms with E-state index in [2.05, 4.69) is 127 Å². The normalized spacial score (nSPS) is 14.9. The second kappa shape index (κ2) is 8.83. The van der Waals surface area contributed by atoms with Crippen molar-refractivity contribution in [1.29, 1.82) is 0 Å². The van der Waals surface area contributed by atoms with Gasteiger partial charge < -0.3 is 0 Å². The lowest BCUT2D eigenvalue weighted by Gasteiger charge is -2.34. The minimum atomic E-state index is -2.28. The van der Waals surface area contributed by atoms with E-state index < -0.39 is 6.89 Å². The van der Waals surface area contributed by atoms with Crippen LogP contribution in [0, 0.1) is 0 Å². The van der Waals surface area contributed by atoms with Crippen LogP contribution in [0.15, 0.2) is 127 Å². The van der Waals surface area contributed by atoms with E-state index in [1.807, 2.05) is 0 Å². The molecule has 3 heterocycles. The van der Waals surface area contributed by atoms with Crippen molar-refractivity contribution in [2.45, 2.75) is 0 Å². The van der Waals surface area contributed by atoms with Crippen LogP contribution in [0.3, 0.4) is 0 Å². The van der Waals surface area contributed by atoms with Gasteiger partial charge in [0.15, 0.2) is 0 Å². The third-order valence-electron chi connectivity index (χ3n) is 6.54. The molecule has 1 aliphatic rings. The van der Waals surface area contributed by atoms with Gasteiger partial charge in [0.1, 0.15) is 10.0 Å². The molecule has 0 amide bonds. The first-order chi connectivity index (χ1) is 17.8. The van der Waals surface area contributed by atoms with E-state index in [0.29, 0.717) is 0 Å². The summed E-state index contributed by atoms with van der Waals surface area (Å²) in [4.78, 5) is 10.3. The number of hydrogen-bond acceptors (Lipinski definition) is 4. The van der Waals surface area contributed by atoms with Crippen molar-refractivity contribution in [2.75, 3.05) is 0 Å². The van der Waals surface area contributed by atoms with Crippen LogP contribution in [0.5, 0.6) is 0 Å². The number of allylic oxidation sites excluding steroid dienone is 3. The van der Waals surface area contributed by atoms with Crippen molar-refractivity contribution in [3.63, 3.8) is 0 Å². The molecule has 7 rings (SSSR count). The topological polar surface area (TPSA) is 25.8 Å². The standard InChI is InChI=1S/C31H21N2PS2/c1-3-12-22(13-4-1)34(23-14-5-2-6-15-23)26(30-32-24-16-7-9-20-28(24)35-30)18-11-19-27(34)31-33-25-17-8-10-21-29(25)36-31/h1-21H. The monoisotopic (exact) mass is 516 g/mol. The van der Waals surface area contributed by atoms with Crippen molar-refractivity contribution < 1.29 is 0 Å². The zero-order valence-corrected chi connectivity index (χ0v) is 21.8. The van der Waals surface area contributed by atoms with Crippen LogP contribution < -0.4 is 10.6 Å². The van der Waals surface area contributed by atoms with Crippen molar-refractivity contribution in [3.8, 4) is 0 Å². The SMILES string of the molecule is C1=CC(c2nc3ccccc3s2)=P(c2ccccc2)(c2ccccc2)C(c2nc3ccccc3s2)=C1. The number of para-hydroxylation sites is 2. The highest BCUT2D eigenvalue weighted by atomic mass is 32.1. The number of thiazole rings is 2. The second-order valence-electron chi connectivity index (χ2n) is 8.61. The second-order valence-corrected chi connectivity index (χ2v) is 14.0. The lowest BCUT2D eigenvalue weighted by Crippen LogP contribution is -2.24. The Labute approximate surface area is 217 Å². The Kier molecular flexibility index (Phi) is 5.32. The average molecular weight is 517 g/mol. The smallest absolute Gasteiger partial charge is 0.125 e. The van der Waals surface area contributed by atoms with Gasteiger partial charge in [-0.3, -0.25) is 0 Å². The summed E-state index contributed by atoms with van der Waals surface area (Å²) in [6.45, 7) is -2.28. The molecule has 4 aromatic carbocycles. The van der Waals surface area contributed by atoms with Gasteiger partial charge in [0.2, 0.25) is 0 Å². The first kappa shape index (κ1) is 21.7. The van der Waals surface area contributed by atoms with Gasteiger partial charge in [-0.15, -0.1) is 22.7 Å². The molecule has 0 spiro atoms. The van der Waals surface area contributed by atoms with Crippen LogP contribution in [0.2, 0.25) is 0 Å². The first-order valence-electron chi connectivity index (χ1n) is 11.8. The van der Waals surface area contributed by atoms with E-state index in [-0.39, 0.29) is 0 Å². The van der Waals surface area contributed by atoms with Gasteiger partial charge in [-0.25, -0.2) is 9.97 Å². The summed E-state index contributed by atoms with van der Waals surface area (Å²) >= 11 is 3.56. The quantitative estimate of drug-likeness (QED) is 0.224. The van der Waals surface area contributed by atoms with Crippen molar-refractivity contribution in [3.05, 3.63) is 137 Å². The van der Waals surface area contributed by atoms with E-state index in [4.69, 9.17) is 9.97 Å². The molecule has 0 unspecified atom stereocenters. The molecule has 0 bridgehead atoms. The summed E-state index contributed by atoms with van der Waals surface area (Å²) < 4.78 is 2.42. The Morgan fingerprint density at radius 3 is 1.61 bits per heavy atom. The van der Waals surface area contributed by atoms with Gasteiger partial charge >= 0.3 is 0 Å². The highest BCUT2D eigenvalue weighted by molar-refractivity contribution is 7.98. The van der Waals surface area contributed by atoms with E-state index in [1.54, 1.807) is 22.7 Å². The number of benzene rings is 4. The Morgan fingerprint density at radius 2 is 1.03 bits per heavy atom. The fourth-order valence-electron chi connectivity index (χ4n) is 4.99. The fourth-order valence-corrected chi connectivity index (χ4v) is 12.1. The van der Waals surface area contributed by atoms with Gasteiger partial charge in [-0.2, -0.15) is 0 Å². The van der Waals surface area contributed by atoms with Crippen LogP contribution in [-0.4, -0.2) is 15.3 Å². The summed E-state index contributed by atoms with van der Waals surface area (Å²) in [5.74, 6) is 0. The molecular weight excluding hydrogens is 495 g/mol. The van der Waals surface area contributed by atoms with Crippen molar-refractivity contribution in [2.24, 2.45) is 0 Å². The fraction of sp³-hybridized carbons (Fsp3) is 0. The minimum absolute atomic E-state index is 1.05. The maximum atomic E-state index is 5.17. The summed E-state index contributed by atoms with van der Waals surface area (Å²) in [6.07, 6.45) is 6.78. The molecular formula is C31H21N2PS2. The molecule has 0 N–H and O–H groups in total. The molecule has 36 heavy (non-hydrogen) atoms. The number of fused-ring (bicyclic) bond motifs is 2. The molecule has 2 aromatic heterocycles.